The highest BCUT2D eigenvalue weighted by molar-refractivity contribution is 7.13. The minimum Gasteiger partial charge on any atom is -0.460 e. The smallest absolute Gasteiger partial charge is 0.306 e. The van der Waals surface area contributed by atoms with Crippen LogP contribution in [0.2, 0.25) is 0 Å². The van der Waals surface area contributed by atoms with Gasteiger partial charge in [0.15, 0.2) is 5.69 Å². The molecule has 44 heavy (non-hydrogen) atoms. The number of carbonyl (C=O) groups excluding carboxylic acids is 2. The highest BCUT2D eigenvalue weighted by atomic mass is 32.1. The lowest BCUT2D eigenvalue weighted by Gasteiger charge is -2.19. The van der Waals surface area contributed by atoms with Crippen LogP contribution in [0.5, 0.6) is 0 Å². The summed E-state index contributed by atoms with van der Waals surface area (Å²) >= 11 is 2.62. The third kappa shape index (κ3) is 7.79. The average Bonchev–Trinajstić information content (AvgIpc) is 3.76. The molecule has 0 fully saturated rings. The minimum absolute atomic E-state index is 0.156. The molecular formula is C31H31N7O4S2. The van der Waals surface area contributed by atoms with Crippen LogP contribution in [0.1, 0.15) is 50.4 Å². The molecule has 0 saturated carbocycles. The third-order valence-electron chi connectivity index (χ3n) is 6.22. The van der Waals surface area contributed by atoms with Gasteiger partial charge >= 0.3 is 11.5 Å². The molecule has 2 aromatic carbocycles. The molecule has 1 amide bonds. The van der Waals surface area contributed by atoms with Crippen molar-refractivity contribution in [2.45, 2.75) is 45.6 Å². The summed E-state index contributed by atoms with van der Waals surface area (Å²) in [7, 11) is 0. The lowest BCUT2D eigenvalue weighted by molar-refractivity contribution is -0.154. The van der Waals surface area contributed by atoms with E-state index >= 15 is 0 Å². The van der Waals surface area contributed by atoms with Crippen LogP contribution in [0.4, 0.5) is 10.8 Å². The molecule has 226 valence electrons. The van der Waals surface area contributed by atoms with E-state index in [-0.39, 0.29) is 23.1 Å². The highest BCUT2D eigenvalue weighted by Crippen LogP contribution is 2.30. The Morgan fingerprint density at radius 1 is 1.00 bits per heavy atom. The quantitative estimate of drug-likeness (QED) is 0.0909. The van der Waals surface area contributed by atoms with Crippen molar-refractivity contribution in [2.24, 2.45) is 10.2 Å². The number of carbonyl (C=O) groups is 2. The van der Waals surface area contributed by atoms with Gasteiger partial charge in [-0.25, -0.2) is 9.97 Å². The summed E-state index contributed by atoms with van der Waals surface area (Å²) in [6, 6.07) is 16.5. The third-order valence-corrected chi connectivity index (χ3v) is 7.70. The summed E-state index contributed by atoms with van der Waals surface area (Å²) in [5, 5.41) is 18.9. The number of nitrogens with one attached hydrogen (secondary N) is 2. The number of ether oxygens (including phenoxy) is 1. The van der Waals surface area contributed by atoms with Crippen molar-refractivity contribution in [3.8, 4) is 27.6 Å². The second kappa shape index (κ2) is 13.7. The van der Waals surface area contributed by atoms with Gasteiger partial charge in [-0.3, -0.25) is 19.5 Å². The molecule has 0 radical (unpaired) electrons. The van der Waals surface area contributed by atoms with Crippen LogP contribution in [-0.4, -0.2) is 43.8 Å². The Labute approximate surface area is 261 Å². The van der Waals surface area contributed by atoms with Crippen LogP contribution in [0.25, 0.3) is 27.6 Å². The molecule has 0 aliphatic heterocycles. The zero-order valence-electron chi connectivity index (χ0n) is 24.4. The van der Waals surface area contributed by atoms with Crippen molar-refractivity contribution in [2.75, 3.05) is 6.54 Å². The Morgan fingerprint density at radius 2 is 1.77 bits per heavy atom. The summed E-state index contributed by atoms with van der Waals surface area (Å²) < 4.78 is 6.66. The van der Waals surface area contributed by atoms with Crippen LogP contribution in [-0.2, 0) is 9.53 Å². The van der Waals surface area contributed by atoms with Gasteiger partial charge in [-0.1, -0.05) is 42.5 Å². The fourth-order valence-electron chi connectivity index (χ4n) is 4.20. The largest absolute Gasteiger partial charge is 0.460 e. The maximum Gasteiger partial charge on any atom is 0.306 e. The number of azo groups is 1. The number of unbranched alkanes of at least 4 members (excludes halogenated alkanes) is 1. The number of esters is 1. The SMILES string of the molecule is CC(C)(C)OC(=O)CCCCNC(=O)c1ccc(-c2csc(-n3[nH]c(-c4ccccc4)c(N=Nc4nccs4)c3=O)n2)cc1. The van der Waals surface area contributed by atoms with E-state index in [1.807, 2.05) is 68.6 Å². The van der Waals surface area contributed by atoms with E-state index < -0.39 is 5.60 Å². The predicted octanol–water partition coefficient (Wildman–Crippen LogP) is 7.07. The van der Waals surface area contributed by atoms with Crippen LogP contribution in [0.15, 0.2) is 86.6 Å². The standard InChI is InChI=1S/C31H31N7O4S2/c1-31(2,3)42-24(39)11-7-8-16-32-27(40)22-14-12-20(13-15-22)23-19-44-30(34-23)38-28(41)26(35-36-29-33-17-18-43-29)25(37-38)21-9-5-4-6-10-21/h4-6,9-10,12-15,17-19,37H,7-8,11,16H2,1-3H3,(H,32,40). The van der Waals surface area contributed by atoms with Crippen LogP contribution < -0.4 is 10.9 Å². The maximum atomic E-state index is 13.5. The monoisotopic (exact) mass is 629 g/mol. The molecule has 0 atom stereocenters. The van der Waals surface area contributed by atoms with Gasteiger partial charge in [0.2, 0.25) is 10.3 Å². The molecule has 11 nitrogen and oxygen atoms in total. The molecule has 3 heterocycles. The van der Waals surface area contributed by atoms with Crippen molar-refractivity contribution >= 4 is 45.4 Å². The molecule has 0 spiro atoms. The molecule has 0 aliphatic rings. The van der Waals surface area contributed by atoms with Gasteiger partial charge in [0, 0.05) is 46.6 Å². The highest BCUT2D eigenvalue weighted by Gasteiger charge is 2.20. The van der Waals surface area contributed by atoms with Gasteiger partial charge in [-0.2, -0.15) is 4.68 Å². The lowest BCUT2D eigenvalue weighted by Crippen LogP contribution is -2.25. The predicted molar refractivity (Wildman–Crippen MR) is 171 cm³/mol. The molecule has 2 N–H and O–H groups in total. The van der Waals surface area contributed by atoms with E-state index in [0.29, 0.717) is 53.0 Å². The molecule has 13 heteroatoms. The molecule has 0 aliphatic carbocycles. The molecule has 0 unspecified atom stereocenters. The lowest BCUT2D eigenvalue weighted by atomic mass is 10.1. The first kappa shape index (κ1) is 30.7. The first-order chi connectivity index (χ1) is 21.2. The van der Waals surface area contributed by atoms with E-state index in [4.69, 9.17) is 4.74 Å². The number of benzene rings is 2. The fraction of sp³-hybridized carbons (Fsp3) is 0.258. The van der Waals surface area contributed by atoms with E-state index in [1.54, 1.807) is 23.7 Å². The van der Waals surface area contributed by atoms with E-state index in [2.05, 4.69) is 30.6 Å². The summed E-state index contributed by atoms with van der Waals surface area (Å²) in [4.78, 5) is 46.7. The van der Waals surface area contributed by atoms with Gasteiger partial charge in [-0.15, -0.1) is 32.9 Å². The second-order valence-electron chi connectivity index (χ2n) is 10.7. The Bertz CT molecular complexity index is 1800. The van der Waals surface area contributed by atoms with Gasteiger partial charge < -0.3 is 10.1 Å². The summed E-state index contributed by atoms with van der Waals surface area (Å²) in [6.07, 6.45) is 3.24. The summed E-state index contributed by atoms with van der Waals surface area (Å²) in [5.74, 6) is -0.432. The van der Waals surface area contributed by atoms with Crippen LogP contribution in [0.3, 0.4) is 0 Å². The molecule has 3 aromatic heterocycles. The van der Waals surface area contributed by atoms with Gasteiger partial charge in [-0.05, 0) is 45.7 Å². The topological polar surface area (TPSA) is 144 Å². The number of thiazole rings is 2. The van der Waals surface area contributed by atoms with Gasteiger partial charge in [0.25, 0.3) is 5.91 Å². The number of H-pyrrole nitrogens is 1. The Kier molecular flexibility index (Phi) is 9.56. The number of amides is 1. The number of aromatic nitrogens is 4. The van der Waals surface area contributed by atoms with Gasteiger partial charge in [0.1, 0.15) is 5.60 Å². The molecule has 5 aromatic rings. The molecule has 0 bridgehead atoms. The zero-order chi connectivity index (χ0) is 31.1. The molecule has 5 rings (SSSR count). The van der Waals surface area contributed by atoms with Crippen molar-refractivity contribution in [3.05, 3.63) is 87.5 Å². The zero-order valence-corrected chi connectivity index (χ0v) is 26.1. The summed E-state index contributed by atoms with van der Waals surface area (Å²) in [5.41, 5.74) is 2.55. The van der Waals surface area contributed by atoms with Crippen LogP contribution in [0, 0.1) is 0 Å². The minimum atomic E-state index is -0.498. The Balaban J connectivity index is 1.25. The number of hydrogen-bond acceptors (Lipinski definition) is 10. The van der Waals surface area contributed by atoms with Crippen LogP contribution >= 0.6 is 22.7 Å². The first-order valence-electron chi connectivity index (χ1n) is 14.0. The number of aromatic amines is 1. The number of rotatable bonds is 11. The number of nitrogens with zero attached hydrogens (tertiary/aromatic N) is 5. The van der Waals surface area contributed by atoms with E-state index in [0.717, 1.165) is 11.1 Å². The van der Waals surface area contributed by atoms with E-state index in [9.17, 15) is 14.4 Å². The summed E-state index contributed by atoms with van der Waals surface area (Å²) in [6.45, 7) is 5.97. The second-order valence-corrected chi connectivity index (χ2v) is 12.5. The van der Waals surface area contributed by atoms with E-state index in [1.165, 1.54) is 27.4 Å². The van der Waals surface area contributed by atoms with Crippen molar-refractivity contribution in [1.82, 2.24) is 25.1 Å². The number of hydrogen-bond donors (Lipinski definition) is 2. The van der Waals surface area contributed by atoms with Gasteiger partial charge in [0.05, 0.1) is 11.4 Å². The fourth-order valence-corrected chi connectivity index (χ4v) is 5.45. The normalized spacial score (nSPS) is 11.6. The van der Waals surface area contributed by atoms with Crippen molar-refractivity contribution < 1.29 is 14.3 Å². The molecular weight excluding hydrogens is 599 g/mol. The van der Waals surface area contributed by atoms with Crippen molar-refractivity contribution in [1.29, 1.82) is 0 Å². The Morgan fingerprint density at radius 3 is 2.48 bits per heavy atom. The Hall–Kier alpha value is -4.75. The first-order valence-corrected chi connectivity index (χ1v) is 15.7. The maximum absolute atomic E-state index is 13.5. The average molecular weight is 630 g/mol. The van der Waals surface area contributed by atoms with Crippen molar-refractivity contribution in [3.63, 3.8) is 0 Å². The molecule has 0 saturated heterocycles.